The number of benzene rings is 1. The summed E-state index contributed by atoms with van der Waals surface area (Å²) in [5.41, 5.74) is 1.02. The van der Waals surface area contributed by atoms with E-state index in [4.69, 9.17) is 17.0 Å². The zero-order valence-corrected chi connectivity index (χ0v) is 11.5. The Hall–Kier alpha value is -1.33. The highest BCUT2D eigenvalue weighted by Gasteiger charge is 2.20. The summed E-state index contributed by atoms with van der Waals surface area (Å²) in [6.07, 6.45) is 2.02. The summed E-state index contributed by atoms with van der Waals surface area (Å²) in [6, 6.07) is 9.11. The molecule has 0 amide bonds. The Balaban J connectivity index is 2.68. The van der Waals surface area contributed by atoms with Crippen LogP contribution in [-0.2, 0) is 16.0 Å². The van der Waals surface area contributed by atoms with Crippen LogP contribution >= 0.6 is 24.8 Å². The van der Waals surface area contributed by atoms with Gasteiger partial charge in [0.15, 0.2) is 0 Å². The van der Waals surface area contributed by atoms with Crippen molar-refractivity contribution in [2.24, 2.45) is 0 Å². The lowest BCUT2D eigenvalue weighted by Gasteiger charge is -2.17. The van der Waals surface area contributed by atoms with Crippen molar-refractivity contribution in [3.63, 3.8) is 0 Å². The third-order valence-electron chi connectivity index (χ3n) is 2.21. The summed E-state index contributed by atoms with van der Waals surface area (Å²) >= 11 is 8.83. The number of thiol groups is 1. The summed E-state index contributed by atoms with van der Waals surface area (Å²) in [5.74, 6) is -0.366. The standard InChI is InChI=1S/C13H15NO2S2/c1-2-8-16-12(15)11(14-13(17)18)9-10-6-4-3-5-7-10/h2-7,11H,1,8-9H2,(H2,14,17,18)/t11-/m0/s1. The largest absolute Gasteiger partial charge is 0.460 e. The molecule has 0 aromatic heterocycles. The topological polar surface area (TPSA) is 38.3 Å². The Morgan fingerprint density at radius 3 is 2.72 bits per heavy atom. The van der Waals surface area contributed by atoms with E-state index in [0.717, 1.165) is 5.56 Å². The van der Waals surface area contributed by atoms with Crippen molar-refractivity contribution in [1.29, 1.82) is 0 Å². The van der Waals surface area contributed by atoms with E-state index in [1.54, 1.807) is 0 Å². The van der Waals surface area contributed by atoms with E-state index in [0.29, 0.717) is 6.42 Å². The van der Waals surface area contributed by atoms with Gasteiger partial charge in [0.1, 0.15) is 17.0 Å². The number of hydrogen-bond donors (Lipinski definition) is 2. The van der Waals surface area contributed by atoms with Gasteiger partial charge in [-0.25, -0.2) is 4.79 Å². The monoisotopic (exact) mass is 281 g/mol. The van der Waals surface area contributed by atoms with Crippen LogP contribution in [0.2, 0.25) is 0 Å². The summed E-state index contributed by atoms with van der Waals surface area (Å²) in [5, 5.41) is 2.82. The molecule has 0 fully saturated rings. The number of nitrogens with one attached hydrogen (secondary N) is 1. The molecule has 5 heteroatoms. The fourth-order valence-corrected chi connectivity index (χ4v) is 1.73. The van der Waals surface area contributed by atoms with Gasteiger partial charge in [-0.15, -0.1) is 12.6 Å². The van der Waals surface area contributed by atoms with Crippen molar-refractivity contribution in [2.75, 3.05) is 6.61 Å². The molecule has 0 spiro atoms. The molecule has 0 unspecified atom stereocenters. The Bertz CT molecular complexity index is 420. The summed E-state index contributed by atoms with van der Waals surface area (Å²) < 4.78 is 5.28. The summed E-state index contributed by atoms with van der Waals surface area (Å²) in [6.45, 7) is 3.68. The first-order valence-electron chi connectivity index (χ1n) is 5.44. The molecule has 3 nitrogen and oxygen atoms in total. The summed E-state index contributed by atoms with van der Waals surface area (Å²) in [7, 11) is 0. The molecule has 0 radical (unpaired) electrons. The van der Waals surface area contributed by atoms with Gasteiger partial charge in [-0.05, 0) is 5.56 Å². The van der Waals surface area contributed by atoms with Crippen LogP contribution in [0.15, 0.2) is 43.0 Å². The van der Waals surface area contributed by atoms with E-state index in [-0.39, 0.29) is 16.9 Å². The third kappa shape index (κ3) is 5.33. The molecule has 96 valence electrons. The number of ether oxygens (including phenoxy) is 1. The second-order valence-electron chi connectivity index (χ2n) is 3.61. The zero-order chi connectivity index (χ0) is 13.4. The van der Waals surface area contributed by atoms with Gasteiger partial charge in [0.05, 0.1) is 0 Å². The van der Waals surface area contributed by atoms with Crippen molar-refractivity contribution in [3.8, 4) is 0 Å². The van der Waals surface area contributed by atoms with Gasteiger partial charge < -0.3 is 10.1 Å². The number of carbonyl (C=O) groups is 1. The summed E-state index contributed by atoms with van der Waals surface area (Å²) in [4.78, 5) is 11.8. The molecule has 1 rings (SSSR count). The van der Waals surface area contributed by atoms with Gasteiger partial charge in [-0.2, -0.15) is 0 Å². The molecule has 1 atom stereocenters. The average molecular weight is 281 g/mol. The Kier molecular flexibility index (Phi) is 6.46. The predicted octanol–water partition coefficient (Wildman–Crippen LogP) is 2.13. The molecule has 0 aliphatic carbocycles. The van der Waals surface area contributed by atoms with Crippen LogP contribution in [0.4, 0.5) is 0 Å². The molecular formula is C13H15NO2S2. The molecule has 18 heavy (non-hydrogen) atoms. The van der Waals surface area contributed by atoms with Gasteiger partial charge in [-0.3, -0.25) is 0 Å². The third-order valence-corrected chi connectivity index (χ3v) is 2.46. The van der Waals surface area contributed by atoms with Crippen molar-refractivity contribution in [2.45, 2.75) is 12.5 Å². The van der Waals surface area contributed by atoms with Crippen LogP contribution in [0.1, 0.15) is 5.56 Å². The van der Waals surface area contributed by atoms with Crippen LogP contribution in [0.5, 0.6) is 0 Å². The lowest BCUT2D eigenvalue weighted by Crippen LogP contribution is -2.41. The number of thiocarbonyl (C=S) groups is 1. The Morgan fingerprint density at radius 1 is 1.50 bits per heavy atom. The first-order chi connectivity index (χ1) is 8.63. The maximum absolute atomic E-state index is 11.8. The number of carbonyl (C=O) groups excluding carboxylic acids is 1. The van der Waals surface area contributed by atoms with E-state index >= 15 is 0 Å². The fourth-order valence-electron chi connectivity index (χ4n) is 1.43. The zero-order valence-electron chi connectivity index (χ0n) is 9.83. The SMILES string of the molecule is C=CCOC(=O)[C@H](Cc1ccccc1)NC(=S)S. The van der Waals surface area contributed by atoms with Gasteiger partial charge in [-0.1, -0.05) is 55.2 Å². The van der Waals surface area contributed by atoms with E-state index in [2.05, 4.69) is 24.5 Å². The molecule has 1 aromatic rings. The van der Waals surface area contributed by atoms with E-state index in [1.807, 2.05) is 30.3 Å². The minimum atomic E-state index is -0.530. The highest BCUT2D eigenvalue weighted by atomic mass is 32.1. The quantitative estimate of drug-likeness (QED) is 0.363. The fraction of sp³-hybridized carbons (Fsp3) is 0.231. The van der Waals surface area contributed by atoms with E-state index in [9.17, 15) is 4.79 Å². The minimum Gasteiger partial charge on any atom is -0.460 e. The van der Waals surface area contributed by atoms with E-state index < -0.39 is 6.04 Å². The first kappa shape index (κ1) is 14.7. The first-order valence-corrected chi connectivity index (χ1v) is 6.30. The van der Waals surface area contributed by atoms with Crippen LogP contribution in [-0.4, -0.2) is 22.9 Å². The molecule has 0 bridgehead atoms. The van der Waals surface area contributed by atoms with Gasteiger partial charge >= 0.3 is 5.97 Å². The molecule has 1 aromatic carbocycles. The van der Waals surface area contributed by atoms with Crippen LogP contribution in [0.3, 0.4) is 0 Å². The maximum atomic E-state index is 11.8. The maximum Gasteiger partial charge on any atom is 0.329 e. The normalized spacial score (nSPS) is 11.4. The molecule has 0 saturated carbocycles. The molecule has 0 saturated heterocycles. The van der Waals surface area contributed by atoms with Crippen LogP contribution in [0, 0.1) is 0 Å². The van der Waals surface area contributed by atoms with Gasteiger partial charge in [0, 0.05) is 6.42 Å². The molecular weight excluding hydrogens is 266 g/mol. The lowest BCUT2D eigenvalue weighted by molar-refractivity contribution is -0.144. The number of esters is 1. The number of hydrogen-bond acceptors (Lipinski definition) is 3. The number of rotatable bonds is 6. The predicted molar refractivity (Wildman–Crippen MR) is 79.8 cm³/mol. The van der Waals surface area contributed by atoms with Gasteiger partial charge in [0.25, 0.3) is 0 Å². The van der Waals surface area contributed by atoms with Crippen molar-refractivity contribution >= 4 is 35.1 Å². The lowest BCUT2D eigenvalue weighted by atomic mass is 10.1. The highest BCUT2D eigenvalue weighted by Crippen LogP contribution is 2.05. The second kappa shape index (κ2) is 7.89. The van der Waals surface area contributed by atoms with Crippen LogP contribution < -0.4 is 5.32 Å². The molecule has 0 heterocycles. The molecule has 0 aliphatic rings. The van der Waals surface area contributed by atoms with Crippen LogP contribution in [0.25, 0.3) is 0 Å². The van der Waals surface area contributed by atoms with Crippen molar-refractivity contribution < 1.29 is 9.53 Å². The van der Waals surface area contributed by atoms with Crippen molar-refractivity contribution in [1.82, 2.24) is 5.32 Å². The molecule has 0 aliphatic heterocycles. The second-order valence-corrected chi connectivity index (χ2v) is 4.77. The Morgan fingerprint density at radius 2 is 2.17 bits per heavy atom. The molecule has 1 N–H and O–H groups in total. The smallest absolute Gasteiger partial charge is 0.329 e. The van der Waals surface area contributed by atoms with E-state index in [1.165, 1.54) is 6.08 Å². The minimum absolute atomic E-state index is 0.186. The van der Waals surface area contributed by atoms with Crippen molar-refractivity contribution in [3.05, 3.63) is 48.6 Å². The van der Waals surface area contributed by atoms with Gasteiger partial charge in [0.2, 0.25) is 0 Å². The average Bonchev–Trinajstić information content (AvgIpc) is 2.36. The Labute approximate surface area is 118 Å². The highest BCUT2D eigenvalue weighted by molar-refractivity contribution is 8.11.